The van der Waals surface area contributed by atoms with E-state index in [-0.39, 0.29) is 19.0 Å². The molecule has 2 aromatic heterocycles. The Kier molecular flexibility index (Phi) is 8.44. The highest BCUT2D eigenvalue weighted by Crippen LogP contribution is 2.32. The van der Waals surface area contributed by atoms with Gasteiger partial charge in [-0.25, -0.2) is 0 Å². The number of furan rings is 1. The van der Waals surface area contributed by atoms with Crippen molar-refractivity contribution in [1.29, 1.82) is 0 Å². The van der Waals surface area contributed by atoms with Crippen LogP contribution in [0.15, 0.2) is 113 Å². The van der Waals surface area contributed by atoms with E-state index in [0.717, 1.165) is 23.5 Å². The molecule has 0 saturated carbocycles. The summed E-state index contributed by atoms with van der Waals surface area (Å²) in [5.74, 6) is 0.966. The number of rotatable bonds is 10. The van der Waals surface area contributed by atoms with Gasteiger partial charge in [0.05, 0.1) is 30.2 Å². The Bertz CT molecular complexity index is 1540. The summed E-state index contributed by atoms with van der Waals surface area (Å²) < 4.78 is 46.8. The van der Waals surface area contributed by atoms with Crippen molar-refractivity contribution < 1.29 is 22.4 Å². The zero-order valence-electron chi connectivity index (χ0n) is 22.0. The maximum Gasteiger partial charge on any atom is 0.416 e. The summed E-state index contributed by atoms with van der Waals surface area (Å²) in [7, 11) is 0. The van der Waals surface area contributed by atoms with Crippen LogP contribution in [0.1, 0.15) is 24.1 Å². The molecule has 210 valence electrons. The molecule has 7 nitrogen and oxygen atoms in total. The number of anilines is 3. The molecule has 0 aliphatic carbocycles. The van der Waals surface area contributed by atoms with Crippen molar-refractivity contribution in [2.75, 3.05) is 10.2 Å². The van der Waals surface area contributed by atoms with E-state index in [1.165, 1.54) is 17.8 Å². The number of hydrogen-bond donors (Lipinski definition) is 1. The van der Waals surface area contributed by atoms with Crippen molar-refractivity contribution >= 4 is 34.7 Å². The number of thioether (sulfide) groups is 1. The lowest BCUT2D eigenvalue weighted by atomic mass is 10.2. The smallest absolute Gasteiger partial charge is 0.416 e. The number of carbonyl (C=O) groups is 1. The Labute approximate surface area is 239 Å². The molecule has 0 aliphatic heterocycles. The van der Waals surface area contributed by atoms with Crippen LogP contribution in [0.25, 0.3) is 0 Å². The van der Waals surface area contributed by atoms with Crippen molar-refractivity contribution in [3.05, 3.63) is 120 Å². The third kappa shape index (κ3) is 6.80. The number of aromatic nitrogens is 3. The fraction of sp³-hybridized carbons (Fsp3) is 0.167. The largest absolute Gasteiger partial charge is 0.467 e. The molecule has 1 amide bonds. The third-order valence-electron chi connectivity index (χ3n) is 6.21. The number of para-hydroxylation sites is 2. The Balaban J connectivity index is 1.39. The molecular formula is C30H26F3N5O2S. The first-order valence-corrected chi connectivity index (χ1v) is 13.6. The number of halogens is 3. The minimum absolute atomic E-state index is 0.109. The van der Waals surface area contributed by atoms with Crippen molar-refractivity contribution in [1.82, 2.24) is 14.8 Å². The summed E-state index contributed by atoms with van der Waals surface area (Å²) in [5.41, 5.74) is 1.02. The predicted molar refractivity (Wildman–Crippen MR) is 152 cm³/mol. The van der Waals surface area contributed by atoms with Crippen molar-refractivity contribution in [2.24, 2.45) is 0 Å². The van der Waals surface area contributed by atoms with Crippen LogP contribution in [0.5, 0.6) is 0 Å². The van der Waals surface area contributed by atoms with Crippen molar-refractivity contribution in [3.63, 3.8) is 0 Å². The van der Waals surface area contributed by atoms with Crippen molar-refractivity contribution in [3.8, 4) is 0 Å². The van der Waals surface area contributed by atoms with Crippen LogP contribution in [-0.2, 0) is 24.1 Å². The first kappa shape index (κ1) is 28.0. The van der Waals surface area contributed by atoms with Gasteiger partial charge in [-0.2, -0.15) is 13.2 Å². The quantitative estimate of drug-likeness (QED) is 0.174. The molecule has 11 heteroatoms. The van der Waals surface area contributed by atoms with E-state index in [1.807, 2.05) is 60.7 Å². The summed E-state index contributed by atoms with van der Waals surface area (Å²) in [4.78, 5) is 15.5. The summed E-state index contributed by atoms with van der Waals surface area (Å²) in [6.45, 7) is 2.19. The fourth-order valence-electron chi connectivity index (χ4n) is 4.19. The van der Waals surface area contributed by atoms with Crippen LogP contribution in [0.4, 0.5) is 30.2 Å². The van der Waals surface area contributed by atoms with Crippen LogP contribution < -0.4 is 10.2 Å². The van der Waals surface area contributed by atoms with Crippen LogP contribution >= 0.6 is 11.8 Å². The Hall–Kier alpha value is -4.51. The molecule has 1 atom stereocenters. The summed E-state index contributed by atoms with van der Waals surface area (Å²) >= 11 is 1.25. The van der Waals surface area contributed by atoms with Gasteiger partial charge in [-0.3, -0.25) is 14.3 Å². The molecule has 5 rings (SSSR count). The summed E-state index contributed by atoms with van der Waals surface area (Å²) in [6, 6.07) is 27.3. The predicted octanol–water partition coefficient (Wildman–Crippen LogP) is 7.40. The molecule has 0 unspecified atom stereocenters. The maximum absolute atomic E-state index is 13.8. The lowest BCUT2D eigenvalue weighted by Crippen LogP contribution is -2.33. The second kappa shape index (κ2) is 12.3. The second-order valence-corrected chi connectivity index (χ2v) is 10.4. The molecule has 0 fully saturated rings. The van der Waals surface area contributed by atoms with Gasteiger partial charge in [0.1, 0.15) is 5.76 Å². The highest BCUT2D eigenvalue weighted by atomic mass is 32.2. The number of nitrogens with zero attached hydrogens (tertiary/aromatic N) is 4. The number of carbonyl (C=O) groups excluding carboxylic acids is 1. The van der Waals surface area contributed by atoms with Crippen LogP contribution in [-0.4, -0.2) is 25.9 Å². The molecular weight excluding hydrogens is 551 g/mol. The number of alkyl halides is 3. The van der Waals surface area contributed by atoms with Gasteiger partial charge < -0.3 is 9.73 Å². The molecule has 41 heavy (non-hydrogen) atoms. The van der Waals surface area contributed by atoms with Gasteiger partial charge in [-0.1, -0.05) is 54.2 Å². The van der Waals surface area contributed by atoms with E-state index in [1.54, 1.807) is 40.9 Å². The molecule has 2 heterocycles. The Morgan fingerprint density at radius 3 is 2.24 bits per heavy atom. The average Bonchev–Trinajstić information content (AvgIpc) is 3.63. The lowest BCUT2D eigenvalue weighted by molar-refractivity contribution is -0.137. The normalized spacial score (nSPS) is 12.2. The number of amides is 1. The highest BCUT2D eigenvalue weighted by molar-refractivity contribution is 8.00. The number of benzene rings is 3. The van der Waals surface area contributed by atoms with E-state index in [0.29, 0.717) is 22.4 Å². The van der Waals surface area contributed by atoms with Gasteiger partial charge in [0.25, 0.3) is 0 Å². The zero-order valence-corrected chi connectivity index (χ0v) is 22.8. The summed E-state index contributed by atoms with van der Waals surface area (Å²) in [5, 5.41) is 11.6. The van der Waals surface area contributed by atoms with E-state index >= 15 is 0 Å². The summed E-state index contributed by atoms with van der Waals surface area (Å²) in [6.07, 6.45) is -2.90. The van der Waals surface area contributed by atoms with Crippen LogP contribution in [0.3, 0.4) is 0 Å². The Morgan fingerprint density at radius 1 is 0.951 bits per heavy atom. The minimum Gasteiger partial charge on any atom is -0.467 e. The van der Waals surface area contributed by atoms with E-state index in [4.69, 9.17) is 4.42 Å². The molecule has 5 aromatic rings. The monoisotopic (exact) mass is 577 g/mol. The standard InChI is InChI=1S/C30H26F3N5O2S/c1-21(28(39)38(24-12-4-2-5-13-24)25-14-6-3-7-15-25)41-29-36-35-27(37(29)20-26-16-9-17-40-26)19-34-23-11-8-10-22(18-23)30(31,32)33/h2-18,21,34H,19-20H2,1H3/t21-/m0/s1. The minimum atomic E-state index is -4.45. The van der Waals surface area contributed by atoms with Gasteiger partial charge in [0, 0.05) is 17.1 Å². The van der Waals surface area contributed by atoms with E-state index in [2.05, 4.69) is 15.5 Å². The first-order chi connectivity index (χ1) is 19.8. The van der Waals surface area contributed by atoms with Crippen LogP contribution in [0, 0.1) is 0 Å². The number of nitrogens with one attached hydrogen (secondary N) is 1. The third-order valence-corrected chi connectivity index (χ3v) is 7.28. The molecule has 0 saturated heterocycles. The maximum atomic E-state index is 13.8. The number of hydrogen-bond acceptors (Lipinski definition) is 6. The average molecular weight is 578 g/mol. The topological polar surface area (TPSA) is 76.2 Å². The lowest BCUT2D eigenvalue weighted by Gasteiger charge is -2.25. The van der Waals surface area contributed by atoms with Gasteiger partial charge in [0.2, 0.25) is 5.91 Å². The van der Waals surface area contributed by atoms with Gasteiger partial charge in [0.15, 0.2) is 11.0 Å². The molecule has 0 spiro atoms. The SMILES string of the molecule is C[C@H](Sc1nnc(CNc2cccc(C(F)(F)F)c2)n1Cc1ccco1)C(=O)N(c1ccccc1)c1ccccc1. The fourth-order valence-corrected chi connectivity index (χ4v) is 5.10. The molecule has 0 bridgehead atoms. The molecule has 0 radical (unpaired) electrons. The molecule has 3 aromatic carbocycles. The van der Waals surface area contributed by atoms with Gasteiger partial charge >= 0.3 is 6.18 Å². The molecule has 1 N–H and O–H groups in total. The zero-order chi connectivity index (χ0) is 28.8. The Morgan fingerprint density at radius 2 is 1.63 bits per heavy atom. The van der Waals surface area contributed by atoms with Gasteiger partial charge in [-0.15, -0.1) is 10.2 Å². The molecule has 0 aliphatic rings. The van der Waals surface area contributed by atoms with E-state index in [9.17, 15) is 18.0 Å². The van der Waals surface area contributed by atoms with Gasteiger partial charge in [-0.05, 0) is 61.5 Å². The van der Waals surface area contributed by atoms with E-state index < -0.39 is 17.0 Å². The second-order valence-electron chi connectivity index (χ2n) is 9.10. The van der Waals surface area contributed by atoms with Crippen LogP contribution in [0.2, 0.25) is 0 Å². The first-order valence-electron chi connectivity index (χ1n) is 12.8. The van der Waals surface area contributed by atoms with Crippen molar-refractivity contribution in [2.45, 2.75) is 36.6 Å². The highest BCUT2D eigenvalue weighted by Gasteiger charge is 2.30.